The fraction of sp³-hybridized carbons (Fsp3) is 0.214. The molecule has 21 heavy (non-hydrogen) atoms. The highest BCUT2D eigenvalue weighted by Gasteiger charge is 2.18. The number of aryl methyl sites for hydroxylation is 1. The van der Waals surface area contributed by atoms with Crippen molar-refractivity contribution in [1.82, 2.24) is 9.55 Å². The van der Waals surface area contributed by atoms with Crippen LogP contribution in [0.15, 0.2) is 33.9 Å². The van der Waals surface area contributed by atoms with Gasteiger partial charge in [-0.2, -0.15) is 0 Å². The van der Waals surface area contributed by atoms with Crippen LogP contribution in [0.25, 0.3) is 11.1 Å². The van der Waals surface area contributed by atoms with Gasteiger partial charge in [-0.3, -0.25) is 19.1 Å². The summed E-state index contributed by atoms with van der Waals surface area (Å²) in [6, 6.07) is 6.90. The molecule has 0 aliphatic rings. The number of carbonyl (C=O) groups is 1. The van der Waals surface area contributed by atoms with Gasteiger partial charge >= 0.3 is 11.7 Å². The average molecular weight is 290 g/mol. The SMILES string of the molecule is COC(=O)Cn1c(O)c(-c2ccccc2C)c(=O)[nH]c1=O. The third-order valence-electron chi connectivity index (χ3n) is 3.10. The molecule has 0 spiro atoms. The first-order valence-electron chi connectivity index (χ1n) is 6.14. The summed E-state index contributed by atoms with van der Waals surface area (Å²) in [6.45, 7) is 1.28. The molecule has 2 N–H and O–H groups in total. The third kappa shape index (κ3) is 2.71. The van der Waals surface area contributed by atoms with Crippen molar-refractivity contribution in [2.24, 2.45) is 0 Å². The maximum Gasteiger partial charge on any atom is 0.331 e. The summed E-state index contributed by atoms with van der Waals surface area (Å²) in [5.41, 5.74) is -0.416. The third-order valence-corrected chi connectivity index (χ3v) is 3.10. The van der Waals surface area contributed by atoms with Crippen molar-refractivity contribution in [1.29, 1.82) is 0 Å². The molecule has 0 saturated heterocycles. The summed E-state index contributed by atoms with van der Waals surface area (Å²) in [5, 5.41) is 10.2. The van der Waals surface area contributed by atoms with Gasteiger partial charge in [0.05, 0.1) is 7.11 Å². The second-order valence-corrected chi connectivity index (χ2v) is 4.44. The van der Waals surface area contributed by atoms with E-state index in [-0.39, 0.29) is 5.56 Å². The smallest absolute Gasteiger partial charge is 0.331 e. The molecule has 0 aliphatic carbocycles. The van der Waals surface area contributed by atoms with Gasteiger partial charge in [-0.05, 0) is 18.1 Å². The highest BCUT2D eigenvalue weighted by Crippen LogP contribution is 2.26. The van der Waals surface area contributed by atoms with Crippen LogP contribution in [0.2, 0.25) is 0 Å². The van der Waals surface area contributed by atoms with Gasteiger partial charge in [-0.25, -0.2) is 4.79 Å². The number of methoxy groups -OCH3 is 1. The number of nitrogens with zero attached hydrogens (tertiary/aromatic N) is 1. The number of ether oxygens (including phenoxy) is 1. The van der Waals surface area contributed by atoms with E-state index in [9.17, 15) is 19.5 Å². The highest BCUT2D eigenvalue weighted by atomic mass is 16.5. The molecule has 0 fully saturated rings. The number of nitrogens with one attached hydrogen (secondary N) is 1. The molecule has 0 aliphatic heterocycles. The zero-order valence-corrected chi connectivity index (χ0v) is 11.5. The zero-order valence-electron chi connectivity index (χ0n) is 11.5. The number of carbonyl (C=O) groups excluding carboxylic acids is 1. The first-order valence-corrected chi connectivity index (χ1v) is 6.14. The van der Waals surface area contributed by atoms with Crippen LogP contribution >= 0.6 is 0 Å². The Kier molecular flexibility index (Phi) is 3.93. The Labute approximate surface area is 119 Å². The monoisotopic (exact) mass is 290 g/mol. The Hall–Kier alpha value is -2.83. The molecule has 2 aromatic rings. The Balaban J connectivity index is 2.71. The molecule has 0 radical (unpaired) electrons. The van der Waals surface area contributed by atoms with Crippen LogP contribution < -0.4 is 11.2 Å². The topological polar surface area (TPSA) is 101 Å². The highest BCUT2D eigenvalue weighted by molar-refractivity contribution is 5.72. The molecule has 7 heteroatoms. The second kappa shape index (κ2) is 5.66. The number of aromatic nitrogens is 2. The normalized spacial score (nSPS) is 10.4. The van der Waals surface area contributed by atoms with E-state index in [2.05, 4.69) is 9.72 Å². The minimum absolute atomic E-state index is 0.0587. The van der Waals surface area contributed by atoms with Crippen molar-refractivity contribution in [3.63, 3.8) is 0 Å². The van der Waals surface area contributed by atoms with Crippen LogP contribution in [0.3, 0.4) is 0 Å². The maximum atomic E-state index is 12.0. The van der Waals surface area contributed by atoms with Crippen molar-refractivity contribution in [2.75, 3.05) is 7.11 Å². The Morgan fingerprint density at radius 3 is 2.62 bits per heavy atom. The van der Waals surface area contributed by atoms with Gasteiger partial charge in [-0.1, -0.05) is 24.3 Å². The van der Waals surface area contributed by atoms with E-state index < -0.39 is 29.6 Å². The van der Waals surface area contributed by atoms with Crippen LogP contribution in [0.1, 0.15) is 5.56 Å². The fourth-order valence-corrected chi connectivity index (χ4v) is 2.00. The largest absolute Gasteiger partial charge is 0.494 e. The number of esters is 1. The number of hydrogen-bond donors (Lipinski definition) is 2. The van der Waals surface area contributed by atoms with Gasteiger partial charge in [0.15, 0.2) is 0 Å². The molecule has 7 nitrogen and oxygen atoms in total. The number of aromatic amines is 1. The van der Waals surface area contributed by atoms with Crippen molar-refractivity contribution in [2.45, 2.75) is 13.5 Å². The molecule has 2 rings (SSSR count). The summed E-state index contributed by atoms with van der Waals surface area (Å²) in [7, 11) is 1.17. The van der Waals surface area contributed by atoms with E-state index in [0.717, 1.165) is 10.1 Å². The van der Waals surface area contributed by atoms with Gasteiger partial charge in [0.2, 0.25) is 5.88 Å². The van der Waals surface area contributed by atoms with E-state index in [0.29, 0.717) is 5.56 Å². The van der Waals surface area contributed by atoms with E-state index in [1.165, 1.54) is 7.11 Å². The van der Waals surface area contributed by atoms with E-state index in [4.69, 9.17) is 0 Å². The molecule has 1 heterocycles. The van der Waals surface area contributed by atoms with Crippen molar-refractivity contribution >= 4 is 5.97 Å². The lowest BCUT2D eigenvalue weighted by Gasteiger charge is -2.11. The molecule has 0 amide bonds. The lowest BCUT2D eigenvalue weighted by atomic mass is 10.0. The Morgan fingerprint density at radius 2 is 2.00 bits per heavy atom. The summed E-state index contributed by atoms with van der Waals surface area (Å²) in [6.07, 6.45) is 0. The van der Waals surface area contributed by atoms with Crippen molar-refractivity contribution < 1.29 is 14.6 Å². The van der Waals surface area contributed by atoms with Gasteiger partial charge in [0.1, 0.15) is 12.1 Å². The minimum atomic E-state index is -0.875. The minimum Gasteiger partial charge on any atom is -0.494 e. The number of hydrogen-bond acceptors (Lipinski definition) is 5. The predicted molar refractivity (Wildman–Crippen MR) is 75.2 cm³/mol. The first kappa shape index (κ1) is 14.6. The number of H-pyrrole nitrogens is 1. The average Bonchev–Trinajstić information content (AvgIpc) is 2.45. The fourth-order valence-electron chi connectivity index (χ4n) is 2.00. The van der Waals surface area contributed by atoms with Crippen LogP contribution in [-0.2, 0) is 16.1 Å². The summed E-state index contributed by atoms with van der Waals surface area (Å²) < 4.78 is 5.22. The van der Waals surface area contributed by atoms with Crippen LogP contribution in [-0.4, -0.2) is 27.7 Å². The molecular weight excluding hydrogens is 276 g/mol. The molecule has 0 bridgehead atoms. The number of benzene rings is 1. The maximum absolute atomic E-state index is 12.0. The summed E-state index contributed by atoms with van der Waals surface area (Å²) in [5.74, 6) is -1.28. The number of rotatable bonds is 3. The van der Waals surface area contributed by atoms with Crippen LogP contribution in [0.4, 0.5) is 0 Å². The first-order chi connectivity index (χ1) is 9.95. The number of aromatic hydroxyl groups is 1. The van der Waals surface area contributed by atoms with Gasteiger partial charge in [0, 0.05) is 0 Å². The van der Waals surface area contributed by atoms with E-state index in [1.807, 2.05) is 0 Å². The predicted octanol–water partition coefficient (Wildman–Crippen LogP) is 0.391. The molecule has 0 atom stereocenters. The quantitative estimate of drug-likeness (QED) is 0.796. The standard InChI is InChI=1S/C14H14N2O5/c1-8-5-3-4-6-9(8)11-12(18)15-14(20)16(13(11)19)7-10(17)21-2/h3-6,19H,7H2,1-2H3,(H,15,18,20). The van der Waals surface area contributed by atoms with Crippen LogP contribution in [0.5, 0.6) is 5.88 Å². The van der Waals surface area contributed by atoms with E-state index >= 15 is 0 Å². The summed E-state index contributed by atoms with van der Waals surface area (Å²) in [4.78, 5) is 37.1. The zero-order chi connectivity index (χ0) is 15.6. The molecular formula is C14H14N2O5. The molecule has 110 valence electrons. The van der Waals surface area contributed by atoms with Crippen molar-refractivity contribution in [3.05, 3.63) is 50.7 Å². The molecule has 1 aromatic heterocycles. The second-order valence-electron chi connectivity index (χ2n) is 4.44. The van der Waals surface area contributed by atoms with Crippen molar-refractivity contribution in [3.8, 4) is 17.0 Å². The van der Waals surface area contributed by atoms with Crippen LogP contribution in [0, 0.1) is 6.92 Å². The lowest BCUT2D eigenvalue weighted by Crippen LogP contribution is -2.33. The Morgan fingerprint density at radius 1 is 1.33 bits per heavy atom. The summed E-state index contributed by atoms with van der Waals surface area (Å²) >= 11 is 0. The Bertz CT molecular complexity index is 804. The van der Waals surface area contributed by atoms with Gasteiger partial charge < -0.3 is 9.84 Å². The molecule has 0 saturated carbocycles. The van der Waals surface area contributed by atoms with E-state index in [1.54, 1.807) is 31.2 Å². The molecule has 0 unspecified atom stereocenters. The van der Waals surface area contributed by atoms with Gasteiger partial charge in [0.25, 0.3) is 5.56 Å². The van der Waals surface area contributed by atoms with Gasteiger partial charge in [-0.15, -0.1) is 0 Å². The lowest BCUT2D eigenvalue weighted by molar-refractivity contribution is -0.141. The molecule has 1 aromatic carbocycles.